The Hall–Kier alpha value is -2.63. The van der Waals surface area contributed by atoms with E-state index in [2.05, 4.69) is 17.1 Å². The van der Waals surface area contributed by atoms with Crippen LogP contribution in [0.25, 0.3) is 0 Å². The van der Waals surface area contributed by atoms with Crippen molar-refractivity contribution in [2.45, 2.75) is 6.92 Å². The summed E-state index contributed by atoms with van der Waals surface area (Å²) < 4.78 is 0. The molecule has 1 N–H and O–H groups in total. The molecule has 1 fully saturated rings. The zero-order chi connectivity index (χ0) is 19.7. The summed E-state index contributed by atoms with van der Waals surface area (Å²) in [6, 6.07) is 14.2. The van der Waals surface area contributed by atoms with E-state index in [1.165, 1.54) is 0 Å². The molecule has 1 heterocycles. The summed E-state index contributed by atoms with van der Waals surface area (Å²) in [6.45, 7) is 6.28. The maximum atomic E-state index is 13.3. The molecule has 0 saturated carbocycles. The first kappa shape index (κ1) is 18.7. The van der Waals surface area contributed by atoms with Crippen LogP contribution in [0, 0.1) is 0 Å². The molecule has 0 spiro atoms. The van der Waals surface area contributed by atoms with Crippen LogP contribution < -0.4 is 5.32 Å². The quantitative estimate of drug-likeness (QED) is 0.855. The first-order valence-corrected chi connectivity index (χ1v) is 9.89. The lowest BCUT2D eigenvalue weighted by atomic mass is 9.89. The number of benzene rings is 2. The van der Waals surface area contributed by atoms with Gasteiger partial charge in [0.1, 0.15) is 11.4 Å². The SMILES string of the molecule is CCN1CCN(C2=C(Nc3cccc(Cl)c3)C(=O)c3ccccc3C2=O)CC1. The molecule has 1 aliphatic heterocycles. The number of fused-ring (bicyclic) bond motifs is 1. The molecule has 2 aromatic rings. The minimum absolute atomic E-state index is 0.107. The van der Waals surface area contributed by atoms with E-state index in [9.17, 15) is 9.59 Å². The van der Waals surface area contributed by atoms with E-state index in [-0.39, 0.29) is 11.6 Å². The van der Waals surface area contributed by atoms with Gasteiger partial charge in [0.25, 0.3) is 0 Å². The normalized spacial score (nSPS) is 17.7. The Morgan fingerprint density at radius 3 is 2.25 bits per heavy atom. The van der Waals surface area contributed by atoms with Crippen LogP contribution in [0.15, 0.2) is 59.9 Å². The third-order valence-electron chi connectivity index (χ3n) is 5.32. The molecule has 0 bridgehead atoms. The molecule has 4 rings (SSSR count). The lowest BCUT2D eigenvalue weighted by molar-refractivity contribution is 0.0909. The van der Waals surface area contributed by atoms with Gasteiger partial charge in [0.15, 0.2) is 0 Å². The zero-order valence-corrected chi connectivity index (χ0v) is 16.5. The van der Waals surface area contributed by atoms with Gasteiger partial charge in [-0.05, 0) is 24.7 Å². The number of anilines is 1. The predicted octanol–water partition coefficient (Wildman–Crippen LogP) is 3.68. The van der Waals surface area contributed by atoms with Crippen molar-refractivity contribution in [2.75, 3.05) is 38.0 Å². The van der Waals surface area contributed by atoms with Crippen LogP contribution in [0.2, 0.25) is 5.02 Å². The van der Waals surface area contributed by atoms with Crippen molar-refractivity contribution < 1.29 is 9.59 Å². The smallest absolute Gasteiger partial charge is 0.212 e. The molecule has 1 saturated heterocycles. The van der Waals surface area contributed by atoms with E-state index in [0.717, 1.165) is 19.6 Å². The number of nitrogens with zero attached hydrogens (tertiary/aromatic N) is 2. The number of hydrogen-bond donors (Lipinski definition) is 1. The molecule has 0 amide bonds. The molecule has 2 aromatic carbocycles. The highest BCUT2D eigenvalue weighted by Crippen LogP contribution is 2.30. The van der Waals surface area contributed by atoms with Gasteiger partial charge in [0.05, 0.1) is 0 Å². The van der Waals surface area contributed by atoms with Crippen LogP contribution in [-0.2, 0) is 0 Å². The second-order valence-corrected chi connectivity index (χ2v) is 7.42. The Bertz CT molecular complexity index is 962. The molecule has 144 valence electrons. The number of halogens is 1. The Morgan fingerprint density at radius 2 is 1.61 bits per heavy atom. The summed E-state index contributed by atoms with van der Waals surface area (Å²) in [5.41, 5.74) is 2.38. The van der Waals surface area contributed by atoms with Gasteiger partial charge in [-0.3, -0.25) is 9.59 Å². The Balaban J connectivity index is 1.77. The van der Waals surface area contributed by atoms with E-state index in [0.29, 0.717) is 46.3 Å². The fraction of sp³-hybridized carbons (Fsp3) is 0.273. The Labute approximate surface area is 169 Å². The van der Waals surface area contributed by atoms with Crippen LogP contribution in [0.3, 0.4) is 0 Å². The van der Waals surface area contributed by atoms with Crippen molar-refractivity contribution in [1.29, 1.82) is 0 Å². The summed E-state index contributed by atoms with van der Waals surface area (Å²) in [4.78, 5) is 31.0. The third-order valence-corrected chi connectivity index (χ3v) is 5.56. The largest absolute Gasteiger partial charge is 0.364 e. The predicted molar refractivity (Wildman–Crippen MR) is 111 cm³/mol. The fourth-order valence-electron chi connectivity index (χ4n) is 3.78. The van der Waals surface area contributed by atoms with Crippen LogP contribution in [0.4, 0.5) is 5.69 Å². The minimum Gasteiger partial charge on any atom is -0.364 e. The van der Waals surface area contributed by atoms with E-state index < -0.39 is 0 Å². The van der Waals surface area contributed by atoms with Crippen molar-refractivity contribution in [3.05, 3.63) is 76.1 Å². The van der Waals surface area contributed by atoms with E-state index in [1.807, 2.05) is 17.0 Å². The number of carbonyl (C=O) groups is 2. The molecular weight excluding hydrogens is 374 g/mol. The second-order valence-electron chi connectivity index (χ2n) is 6.98. The van der Waals surface area contributed by atoms with E-state index in [1.54, 1.807) is 36.4 Å². The molecule has 0 atom stereocenters. The number of allylic oxidation sites excluding steroid dienone is 2. The molecule has 1 aliphatic carbocycles. The topological polar surface area (TPSA) is 52.6 Å². The van der Waals surface area contributed by atoms with Crippen molar-refractivity contribution in [2.24, 2.45) is 0 Å². The third kappa shape index (κ3) is 3.43. The number of likely N-dealkylation sites (N-methyl/N-ethyl adjacent to an activating group) is 1. The molecule has 0 unspecified atom stereocenters. The standard InChI is InChI=1S/C22H22ClN3O2/c1-2-25-10-12-26(13-11-25)20-19(24-16-7-5-6-15(23)14-16)21(27)17-8-3-4-9-18(17)22(20)28/h3-9,14,24H,2,10-13H2,1H3. The number of hydrogen-bond acceptors (Lipinski definition) is 5. The van der Waals surface area contributed by atoms with Crippen LogP contribution in [0.1, 0.15) is 27.6 Å². The molecule has 28 heavy (non-hydrogen) atoms. The first-order valence-electron chi connectivity index (χ1n) is 9.51. The molecule has 0 radical (unpaired) electrons. The van der Waals surface area contributed by atoms with Crippen molar-refractivity contribution >= 4 is 28.9 Å². The zero-order valence-electron chi connectivity index (χ0n) is 15.7. The monoisotopic (exact) mass is 395 g/mol. The average Bonchev–Trinajstić information content (AvgIpc) is 2.72. The first-order chi connectivity index (χ1) is 13.6. The van der Waals surface area contributed by atoms with Crippen molar-refractivity contribution in [3.8, 4) is 0 Å². The maximum absolute atomic E-state index is 13.3. The summed E-state index contributed by atoms with van der Waals surface area (Å²) in [6.07, 6.45) is 0. The van der Waals surface area contributed by atoms with Gasteiger partial charge in [0, 0.05) is 48.0 Å². The van der Waals surface area contributed by atoms with E-state index >= 15 is 0 Å². The van der Waals surface area contributed by atoms with Gasteiger partial charge in [-0.25, -0.2) is 0 Å². The lowest BCUT2D eigenvalue weighted by Gasteiger charge is -2.38. The number of carbonyl (C=O) groups excluding carboxylic acids is 2. The highest BCUT2D eigenvalue weighted by molar-refractivity contribution is 6.31. The summed E-state index contributed by atoms with van der Waals surface area (Å²) in [5.74, 6) is -0.271. The maximum Gasteiger partial charge on any atom is 0.212 e. The summed E-state index contributed by atoms with van der Waals surface area (Å²) in [7, 11) is 0. The van der Waals surface area contributed by atoms with E-state index in [4.69, 9.17) is 11.6 Å². The fourth-order valence-corrected chi connectivity index (χ4v) is 3.97. The lowest BCUT2D eigenvalue weighted by Crippen LogP contribution is -2.48. The molecule has 0 aromatic heterocycles. The van der Waals surface area contributed by atoms with Crippen molar-refractivity contribution in [1.82, 2.24) is 9.80 Å². The van der Waals surface area contributed by atoms with Gasteiger partial charge in [0.2, 0.25) is 11.6 Å². The van der Waals surface area contributed by atoms with Gasteiger partial charge in [-0.15, -0.1) is 0 Å². The highest BCUT2D eigenvalue weighted by atomic mass is 35.5. The summed E-state index contributed by atoms with van der Waals surface area (Å²) in [5, 5.41) is 3.75. The molecule has 5 nitrogen and oxygen atoms in total. The molecule has 2 aliphatic rings. The van der Waals surface area contributed by atoms with Crippen LogP contribution in [0.5, 0.6) is 0 Å². The van der Waals surface area contributed by atoms with Gasteiger partial charge >= 0.3 is 0 Å². The molecule has 6 heteroatoms. The minimum atomic E-state index is -0.164. The number of Topliss-reactive ketones (excluding diaryl/α,β-unsaturated/α-hetero) is 2. The Kier molecular flexibility index (Phi) is 5.20. The average molecular weight is 396 g/mol. The number of ketones is 2. The van der Waals surface area contributed by atoms with Gasteiger partial charge in [-0.2, -0.15) is 0 Å². The number of piperazine rings is 1. The van der Waals surface area contributed by atoms with Crippen LogP contribution >= 0.6 is 11.6 Å². The molecular formula is C22H22ClN3O2. The Morgan fingerprint density at radius 1 is 0.929 bits per heavy atom. The number of rotatable bonds is 4. The van der Waals surface area contributed by atoms with Gasteiger partial charge in [-0.1, -0.05) is 48.9 Å². The summed E-state index contributed by atoms with van der Waals surface area (Å²) >= 11 is 6.10. The van der Waals surface area contributed by atoms with Crippen LogP contribution in [-0.4, -0.2) is 54.1 Å². The van der Waals surface area contributed by atoms with Crippen molar-refractivity contribution in [3.63, 3.8) is 0 Å². The number of nitrogens with one attached hydrogen (secondary N) is 1. The van der Waals surface area contributed by atoms with Gasteiger partial charge < -0.3 is 15.1 Å². The second kappa shape index (κ2) is 7.78. The highest BCUT2D eigenvalue weighted by Gasteiger charge is 2.36.